The fourth-order valence-corrected chi connectivity index (χ4v) is 5.29. The minimum Gasteiger partial charge on any atom is -0.392 e. The predicted octanol–water partition coefficient (Wildman–Crippen LogP) is 4.30. The van der Waals surface area contributed by atoms with E-state index in [1.807, 2.05) is 12.1 Å². The van der Waals surface area contributed by atoms with Crippen molar-refractivity contribution in [3.8, 4) is 11.1 Å². The van der Waals surface area contributed by atoms with Crippen molar-refractivity contribution >= 4 is 38.9 Å². The first-order valence-corrected chi connectivity index (χ1v) is 10.6. The molecule has 0 atom stereocenters. The van der Waals surface area contributed by atoms with Crippen LogP contribution in [0.3, 0.4) is 0 Å². The Labute approximate surface area is 173 Å². The summed E-state index contributed by atoms with van der Waals surface area (Å²) >= 11 is 12.6. The maximum atomic E-state index is 12.9. The van der Waals surface area contributed by atoms with Crippen LogP contribution in [0.5, 0.6) is 0 Å². The van der Waals surface area contributed by atoms with Crippen molar-refractivity contribution in [2.24, 2.45) is 7.05 Å². The first-order valence-electron chi connectivity index (χ1n) is 8.36. The number of anilines is 1. The van der Waals surface area contributed by atoms with E-state index in [0.29, 0.717) is 22.6 Å². The summed E-state index contributed by atoms with van der Waals surface area (Å²) in [5.74, 6) is 0. The number of aliphatic hydroxyl groups excluding tert-OH is 1. The number of rotatable bonds is 5. The van der Waals surface area contributed by atoms with Gasteiger partial charge in [-0.05, 0) is 42.7 Å². The Morgan fingerprint density at radius 1 is 1.07 bits per heavy atom. The van der Waals surface area contributed by atoms with Gasteiger partial charge in [-0.15, -0.1) is 0 Å². The van der Waals surface area contributed by atoms with Crippen molar-refractivity contribution in [3.05, 3.63) is 63.4 Å². The number of nitrogens with one attached hydrogen (secondary N) is 1. The lowest BCUT2D eigenvalue weighted by atomic mass is 10.0. The van der Waals surface area contributed by atoms with Crippen LogP contribution in [0.25, 0.3) is 11.1 Å². The molecule has 2 N–H and O–H groups in total. The molecule has 0 aliphatic carbocycles. The molecule has 0 aliphatic heterocycles. The lowest BCUT2D eigenvalue weighted by Gasteiger charge is -2.13. The van der Waals surface area contributed by atoms with Crippen LogP contribution in [-0.4, -0.2) is 23.3 Å². The van der Waals surface area contributed by atoms with E-state index >= 15 is 0 Å². The Morgan fingerprint density at radius 2 is 1.64 bits per heavy atom. The number of aromatic nitrogens is 2. The molecule has 2 aromatic carbocycles. The van der Waals surface area contributed by atoms with Crippen LogP contribution in [0.15, 0.2) is 41.3 Å². The summed E-state index contributed by atoms with van der Waals surface area (Å²) in [6, 6.07) is 10.3. The van der Waals surface area contributed by atoms with Crippen LogP contribution in [0.4, 0.5) is 5.69 Å². The quantitative estimate of drug-likeness (QED) is 0.620. The van der Waals surface area contributed by atoms with Gasteiger partial charge >= 0.3 is 0 Å². The highest BCUT2D eigenvalue weighted by Crippen LogP contribution is 2.36. The Kier molecular flexibility index (Phi) is 5.72. The number of hydrogen-bond donors (Lipinski definition) is 2. The number of nitrogens with zero attached hydrogens (tertiary/aromatic N) is 2. The molecule has 0 saturated heterocycles. The first kappa shape index (κ1) is 20.7. The Hall–Kier alpha value is -2.06. The van der Waals surface area contributed by atoms with Gasteiger partial charge in [0.25, 0.3) is 10.0 Å². The number of aliphatic hydroxyl groups is 1. The number of sulfonamides is 1. The predicted molar refractivity (Wildman–Crippen MR) is 111 cm³/mol. The average Bonchev–Trinajstić information content (AvgIpc) is 2.86. The summed E-state index contributed by atoms with van der Waals surface area (Å²) in [5, 5.41) is 13.4. The van der Waals surface area contributed by atoms with Gasteiger partial charge in [0, 0.05) is 7.05 Å². The van der Waals surface area contributed by atoms with Gasteiger partial charge in [0.1, 0.15) is 4.90 Å². The molecule has 28 heavy (non-hydrogen) atoms. The van der Waals surface area contributed by atoms with Gasteiger partial charge in [-0.3, -0.25) is 9.40 Å². The fraction of sp³-hybridized carbons (Fsp3) is 0.211. The molecular formula is C19H19Cl2N3O3S. The van der Waals surface area contributed by atoms with Crippen molar-refractivity contribution in [2.45, 2.75) is 25.3 Å². The Morgan fingerprint density at radius 3 is 2.11 bits per heavy atom. The van der Waals surface area contributed by atoms with E-state index in [2.05, 4.69) is 9.82 Å². The molecule has 6 nitrogen and oxygen atoms in total. The summed E-state index contributed by atoms with van der Waals surface area (Å²) in [5.41, 5.74) is 3.87. The molecule has 0 aliphatic rings. The van der Waals surface area contributed by atoms with Gasteiger partial charge in [0.15, 0.2) is 0 Å². The number of halogens is 2. The first-order chi connectivity index (χ1) is 13.1. The molecule has 0 saturated carbocycles. The molecule has 0 radical (unpaired) electrons. The second-order valence-electron chi connectivity index (χ2n) is 6.40. The van der Waals surface area contributed by atoms with Crippen LogP contribution in [-0.2, 0) is 23.7 Å². The van der Waals surface area contributed by atoms with E-state index < -0.39 is 10.0 Å². The monoisotopic (exact) mass is 439 g/mol. The van der Waals surface area contributed by atoms with E-state index in [1.54, 1.807) is 49.8 Å². The van der Waals surface area contributed by atoms with Crippen molar-refractivity contribution in [2.75, 3.05) is 4.72 Å². The Balaban J connectivity index is 2.02. The average molecular weight is 440 g/mol. The van der Waals surface area contributed by atoms with Gasteiger partial charge in [0.05, 0.1) is 33.7 Å². The highest BCUT2D eigenvalue weighted by molar-refractivity contribution is 7.93. The number of hydrogen-bond acceptors (Lipinski definition) is 4. The summed E-state index contributed by atoms with van der Waals surface area (Å²) in [4.78, 5) is -0.186. The molecule has 0 fully saturated rings. The van der Waals surface area contributed by atoms with Crippen molar-refractivity contribution < 1.29 is 13.5 Å². The molecule has 0 amide bonds. The van der Waals surface area contributed by atoms with Crippen LogP contribution in [0.1, 0.15) is 17.0 Å². The number of benzene rings is 2. The van der Waals surface area contributed by atoms with Crippen molar-refractivity contribution in [3.63, 3.8) is 0 Å². The highest BCUT2D eigenvalue weighted by Gasteiger charge is 2.25. The molecule has 0 bridgehead atoms. The maximum Gasteiger partial charge on any atom is 0.264 e. The third kappa shape index (κ3) is 3.89. The minimum absolute atomic E-state index is 0.0143. The molecule has 148 valence electrons. The summed E-state index contributed by atoms with van der Waals surface area (Å²) in [6.07, 6.45) is 0. The van der Waals surface area contributed by atoms with Crippen molar-refractivity contribution in [1.82, 2.24) is 9.78 Å². The molecule has 3 aromatic rings. The normalized spacial score (nSPS) is 11.6. The molecular weight excluding hydrogens is 421 g/mol. The topological polar surface area (TPSA) is 84.2 Å². The van der Waals surface area contributed by atoms with Crippen LogP contribution in [0, 0.1) is 13.8 Å². The highest BCUT2D eigenvalue weighted by atomic mass is 35.5. The lowest BCUT2D eigenvalue weighted by Crippen LogP contribution is -2.15. The third-order valence-corrected chi connectivity index (χ3v) is 6.75. The molecule has 0 spiro atoms. The molecule has 1 aromatic heterocycles. The Bertz CT molecular complexity index is 1120. The van der Waals surface area contributed by atoms with Gasteiger partial charge in [-0.2, -0.15) is 5.10 Å². The zero-order valence-electron chi connectivity index (χ0n) is 15.5. The zero-order chi connectivity index (χ0) is 20.6. The number of aryl methyl sites for hydroxylation is 2. The molecule has 3 rings (SSSR count). The van der Waals surface area contributed by atoms with Gasteiger partial charge in [0.2, 0.25) is 0 Å². The summed E-state index contributed by atoms with van der Waals surface area (Å²) in [7, 11) is -2.28. The van der Waals surface area contributed by atoms with Crippen LogP contribution in [0.2, 0.25) is 10.0 Å². The maximum absolute atomic E-state index is 12.9. The van der Waals surface area contributed by atoms with Gasteiger partial charge < -0.3 is 5.11 Å². The van der Waals surface area contributed by atoms with E-state index in [4.69, 9.17) is 28.3 Å². The van der Waals surface area contributed by atoms with E-state index in [9.17, 15) is 8.42 Å². The van der Waals surface area contributed by atoms with Crippen LogP contribution < -0.4 is 4.72 Å². The summed E-state index contributed by atoms with van der Waals surface area (Å²) < 4.78 is 30.0. The van der Waals surface area contributed by atoms with E-state index in [0.717, 1.165) is 11.1 Å². The minimum atomic E-state index is -4.02. The SMILES string of the molecule is Cc1nn(C)c(C)c1NS(=O)(=O)c1c(Cl)cc(-c2ccc(CO)cc2)cc1Cl. The molecule has 0 unspecified atom stereocenters. The second kappa shape index (κ2) is 7.75. The van der Waals surface area contributed by atoms with Gasteiger partial charge in [-0.25, -0.2) is 8.42 Å². The van der Waals surface area contributed by atoms with E-state index in [-0.39, 0.29) is 21.5 Å². The lowest BCUT2D eigenvalue weighted by molar-refractivity contribution is 0.282. The van der Waals surface area contributed by atoms with Gasteiger partial charge in [-0.1, -0.05) is 47.5 Å². The molecule has 1 heterocycles. The molecule has 9 heteroatoms. The van der Waals surface area contributed by atoms with Crippen LogP contribution >= 0.6 is 23.2 Å². The second-order valence-corrected chi connectivity index (χ2v) is 8.83. The van der Waals surface area contributed by atoms with Crippen molar-refractivity contribution in [1.29, 1.82) is 0 Å². The summed E-state index contributed by atoms with van der Waals surface area (Å²) in [6.45, 7) is 3.42. The third-order valence-electron chi connectivity index (χ3n) is 4.48. The van der Waals surface area contributed by atoms with E-state index in [1.165, 1.54) is 0 Å². The zero-order valence-corrected chi connectivity index (χ0v) is 17.8. The standard InChI is InChI=1S/C19H19Cl2N3O3S/c1-11-18(12(2)24(3)22-11)23-28(26,27)19-16(20)8-15(9-17(19)21)14-6-4-13(10-25)5-7-14/h4-9,23,25H,10H2,1-3H3. The fourth-order valence-electron chi connectivity index (χ4n) is 2.89. The smallest absolute Gasteiger partial charge is 0.264 e. The largest absolute Gasteiger partial charge is 0.392 e.